The highest BCUT2D eigenvalue weighted by atomic mass is 16.6. The molecule has 0 radical (unpaired) electrons. The molecule has 0 aromatic heterocycles. The molecule has 12 nitrogen and oxygen atoms in total. The molecule has 7 N–H and O–H groups in total. The smallest absolute Gasteiger partial charge is 0.335 e. The summed E-state index contributed by atoms with van der Waals surface area (Å²) in [5.41, 5.74) is -1.93. The minimum absolute atomic E-state index is 0.237. The summed E-state index contributed by atoms with van der Waals surface area (Å²) in [5.74, 6) is -5.06. The summed E-state index contributed by atoms with van der Waals surface area (Å²) in [6, 6.07) is 7.30. The predicted octanol–water partition coefficient (Wildman–Crippen LogP) is 1.03. The van der Waals surface area contributed by atoms with Crippen LogP contribution in [0.25, 0.3) is 12.2 Å². The average Bonchev–Trinajstić information content (AvgIpc) is 2.81. The third-order valence-corrected chi connectivity index (χ3v) is 5.52. The fourth-order valence-electron chi connectivity index (χ4n) is 3.69. The van der Waals surface area contributed by atoms with E-state index < -0.39 is 60.4 Å². The van der Waals surface area contributed by atoms with Gasteiger partial charge in [-0.05, 0) is 47.5 Å². The normalized spacial score (nSPS) is 23.7. The van der Waals surface area contributed by atoms with E-state index in [0.717, 1.165) is 18.2 Å². The van der Waals surface area contributed by atoms with E-state index in [9.17, 15) is 50.1 Å². The topological polar surface area (TPSA) is 211 Å². The minimum atomic E-state index is -2.48. The van der Waals surface area contributed by atoms with Crippen molar-refractivity contribution in [3.8, 4) is 23.0 Å². The van der Waals surface area contributed by atoms with Crippen LogP contribution >= 0.6 is 0 Å². The number of rotatable bonds is 7. The Labute approximate surface area is 209 Å². The first-order valence-corrected chi connectivity index (χ1v) is 10.8. The molecule has 0 heterocycles. The van der Waals surface area contributed by atoms with Crippen molar-refractivity contribution < 1.29 is 59.6 Å². The van der Waals surface area contributed by atoms with Gasteiger partial charge in [0.15, 0.2) is 17.1 Å². The number of esters is 2. The van der Waals surface area contributed by atoms with Crippen LogP contribution in [0.2, 0.25) is 0 Å². The lowest BCUT2D eigenvalue weighted by Gasteiger charge is -2.40. The number of aromatic hydroxyl groups is 4. The van der Waals surface area contributed by atoms with Gasteiger partial charge in [-0.15, -0.1) is 0 Å². The third kappa shape index (κ3) is 6.99. The molecule has 1 saturated carbocycles. The van der Waals surface area contributed by atoms with Crippen molar-refractivity contribution in [3.63, 3.8) is 0 Å². The molecule has 0 saturated heterocycles. The number of ether oxygens (including phenoxy) is 2. The van der Waals surface area contributed by atoms with Crippen molar-refractivity contribution in [1.82, 2.24) is 0 Å². The predicted molar refractivity (Wildman–Crippen MR) is 125 cm³/mol. The second-order valence-electron chi connectivity index (χ2n) is 8.38. The van der Waals surface area contributed by atoms with Gasteiger partial charge in [-0.1, -0.05) is 6.07 Å². The molecule has 2 aromatic carbocycles. The first-order valence-electron chi connectivity index (χ1n) is 10.8. The number of hydrogen-bond donors (Lipinski definition) is 7. The second-order valence-corrected chi connectivity index (χ2v) is 8.38. The van der Waals surface area contributed by atoms with Gasteiger partial charge in [0.25, 0.3) is 0 Å². The van der Waals surface area contributed by atoms with Crippen LogP contribution in [0.15, 0.2) is 48.6 Å². The van der Waals surface area contributed by atoms with Gasteiger partial charge in [0.1, 0.15) is 29.8 Å². The number of phenolic OH excluding ortho intramolecular Hbond substituents is 4. The number of benzene rings is 2. The van der Waals surface area contributed by atoms with E-state index in [1.165, 1.54) is 42.5 Å². The Morgan fingerprint density at radius 2 is 1.30 bits per heavy atom. The highest BCUT2D eigenvalue weighted by Gasteiger charge is 2.52. The zero-order valence-electron chi connectivity index (χ0n) is 19.1. The number of phenols is 4. The molecule has 12 heteroatoms. The summed E-state index contributed by atoms with van der Waals surface area (Å²) in [6.45, 7) is 0. The highest BCUT2D eigenvalue weighted by molar-refractivity contribution is 5.88. The first-order chi connectivity index (χ1) is 17.4. The lowest BCUT2D eigenvalue weighted by molar-refractivity contribution is -0.203. The molecule has 1 aliphatic rings. The zero-order valence-corrected chi connectivity index (χ0v) is 19.1. The molecule has 37 heavy (non-hydrogen) atoms. The van der Waals surface area contributed by atoms with Crippen molar-refractivity contribution in [2.24, 2.45) is 0 Å². The number of carboxylic acid groups (broad SMARTS) is 1. The molecular weight excluding hydrogens is 492 g/mol. The molecule has 1 fully saturated rings. The zero-order chi connectivity index (χ0) is 27.3. The van der Waals surface area contributed by atoms with Crippen LogP contribution < -0.4 is 0 Å². The van der Waals surface area contributed by atoms with Gasteiger partial charge in [-0.25, -0.2) is 14.4 Å². The summed E-state index contributed by atoms with van der Waals surface area (Å²) in [5, 5.41) is 68.5. The Morgan fingerprint density at radius 1 is 0.784 bits per heavy atom. The third-order valence-electron chi connectivity index (χ3n) is 5.52. The molecule has 3 unspecified atom stereocenters. The highest BCUT2D eigenvalue weighted by Crippen LogP contribution is 2.33. The number of carbonyl (C=O) groups is 3. The molecule has 3 rings (SSSR count). The maximum atomic E-state index is 12.3. The summed E-state index contributed by atoms with van der Waals surface area (Å²) in [4.78, 5) is 36.2. The van der Waals surface area contributed by atoms with Crippen molar-refractivity contribution in [3.05, 3.63) is 59.7 Å². The van der Waals surface area contributed by atoms with Gasteiger partial charge in [0, 0.05) is 31.1 Å². The number of aliphatic hydroxyl groups is 2. The lowest BCUT2D eigenvalue weighted by Crippen LogP contribution is -2.58. The first kappa shape index (κ1) is 27.0. The molecular formula is C25H24O12. The van der Waals surface area contributed by atoms with E-state index in [0.29, 0.717) is 5.56 Å². The van der Waals surface area contributed by atoms with Crippen molar-refractivity contribution in [2.45, 2.75) is 36.8 Å². The van der Waals surface area contributed by atoms with Gasteiger partial charge < -0.3 is 45.2 Å². The second kappa shape index (κ2) is 11.0. The number of hydrogen-bond acceptors (Lipinski definition) is 11. The van der Waals surface area contributed by atoms with Gasteiger partial charge in [0.05, 0.1) is 0 Å². The molecule has 2 aromatic rings. The molecule has 1 aliphatic carbocycles. The minimum Gasteiger partial charge on any atom is -0.508 e. The van der Waals surface area contributed by atoms with Crippen LogP contribution in [-0.4, -0.2) is 77.6 Å². The van der Waals surface area contributed by atoms with Gasteiger partial charge in [-0.2, -0.15) is 0 Å². The molecule has 0 bridgehead atoms. The number of aliphatic hydroxyl groups excluding tert-OH is 1. The summed E-state index contributed by atoms with van der Waals surface area (Å²) >= 11 is 0. The number of carbonyl (C=O) groups excluding carboxylic acids is 2. The van der Waals surface area contributed by atoms with Crippen LogP contribution in [0.1, 0.15) is 24.0 Å². The Kier molecular flexibility index (Phi) is 8.05. The lowest BCUT2D eigenvalue weighted by atomic mass is 9.79. The number of carboxylic acids is 1. The van der Waals surface area contributed by atoms with E-state index in [-0.39, 0.29) is 22.8 Å². The van der Waals surface area contributed by atoms with Gasteiger partial charge >= 0.3 is 17.9 Å². The monoisotopic (exact) mass is 516 g/mol. The van der Waals surface area contributed by atoms with Crippen molar-refractivity contribution >= 4 is 30.1 Å². The van der Waals surface area contributed by atoms with Gasteiger partial charge in [0.2, 0.25) is 0 Å². The largest absolute Gasteiger partial charge is 0.508 e. The van der Waals surface area contributed by atoms with E-state index in [2.05, 4.69) is 0 Å². The van der Waals surface area contributed by atoms with Crippen LogP contribution in [0.3, 0.4) is 0 Å². The summed E-state index contributed by atoms with van der Waals surface area (Å²) in [6.07, 6.45) is -1.97. The van der Waals surface area contributed by atoms with Crippen molar-refractivity contribution in [2.75, 3.05) is 0 Å². The maximum Gasteiger partial charge on any atom is 0.335 e. The summed E-state index contributed by atoms with van der Waals surface area (Å²) < 4.78 is 10.2. The van der Waals surface area contributed by atoms with Crippen molar-refractivity contribution in [1.29, 1.82) is 0 Å². The van der Waals surface area contributed by atoms with E-state index in [1.807, 2.05) is 0 Å². The standard InChI is InChI=1S/C25H24O12/c26-15-7-14(8-16(27)10-15)3-6-22(31)37-20-12-25(35,24(33)34)11-19(23(20)32)36-21(30)5-2-13-1-4-17(28)18(29)9-13/h1-10,19-20,23,26-29,32,35H,11-12H2,(H,33,34)/t19?,20?,23?,25-/m0/s1. The summed E-state index contributed by atoms with van der Waals surface area (Å²) in [7, 11) is 0. The van der Waals surface area contributed by atoms with Gasteiger partial charge in [-0.3, -0.25) is 0 Å². The average molecular weight is 516 g/mol. The molecule has 196 valence electrons. The fraction of sp³-hybridized carbons (Fsp3) is 0.240. The Balaban J connectivity index is 1.71. The van der Waals surface area contributed by atoms with E-state index in [1.54, 1.807) is 0 Å². The van der Waals surface area contributed by atoms with Crippen LogP contribution in [0.4, 0.5) is 0 Å². The maximum absolute atomic E-state index is 12.3. The van der Waals surface area contributed by atoms with E-state index in [4.69, 9.17) is 9.47 Å². The molecule has 0 aliphatic heterocycles. The van der Waals surface area contributed by atoms with Crippen LogP contribution in [0, 0.1) is 0 Å². The molecule has 0 amide bonds. The molecule has 4 atom stereocenters. The van der Waals surface area contributed by atoms with Crippen LogP contribution in [0.5, 0.6) is 23.0 Å². The number of aliphatic carboxylic acids is 1. The fourth-order valence-corrected chi connectivity index (χ4v) is 3.69. The van der Waals surface area contributed by atoms with Crippen LogP contribution in [-0.2, 0) is 23.9 Å². The SMILES string of the molecule is O=C(C=Cc1cc(O)cc(O)c1)OC1C[C@](O)(C(=O)O)CC(OC(=O)C=Cc2ccc(O)c(O)c2)C1O. The Hall–Kier alpha value is -4.55. The quantitative estimate of drug-likeness (QED) is 0.156. The Bertz CT molecular complexity index is 1230. The molecule has 0 spiro atoms. The van der Waals surface area contributed by atoms with E-state index >= 15 is 0 Å². The Morgan fingerprint density at radius 3 is 1.78 bits per heavy atom.